The first-order valence-electron chi connectivity index (χ1n) is 7.46. The summed E-state index contributed by atoms with van der Waals surface area (Å²) >= 11 is 6.29. The van der Waals surface area contributed by atoms with E-state index in [9.17, 15) is 0 Å². The molecule has 0 radical (unpaired) electrons. The van der Waals surface area contributed by atoms with Crippen molar-refractivity contribution in [2.24, 2.45) is 0 Å². The molecule has 1 aliphatic carbocycles. The maximum absolute atomic E-state index is 6.29. The van der Waals surface area contributed by atoms with Crippen LogP contribution in [-0.4, -0.2) is 48.6 Å². The van der Waals surface area contributed by atoms with Gasteiger partial charge in [0.2, 0.25) is 0 Å². The van der Waals surface area contributed by atoms with Crippen LogP contribution in [0, 0.1) is 6.92 Å². The van der Waals surface area contributed by atoms with Gasteiger partial charge in [-0.3, -0.25) is 0 Å². The summed E-state index contributed by atoms with van der Waals surface area (Å²) in [5, 5.41) is 0.614. The second-order valence-electron chi connectivity index (χ2n) is 5.83. The van der Waals surface area contributed by atoms with Crippen molar-refractivity contribution in [3.05, 3.63) is 16.5 Å². The van der Waals surface area contributed by atoms with Gasteiger partial charge in [-0.25, -0.2) is 9.97 Å². The van der Waals surface area contributed by atoms with Crippen LogP contribution in [0.4, 0.5) is 5.82 Å². The molecule has 1 fully saturated rings. The molecule has 20 heavy (non-hydrogen) atoms. The Kier molecular flexibility index (Phi) is 5.22. The van der Waals surface area contributed by atoms with Crippen LogP contribution < -0.4 is 4.90 Å². The lowest BCUT2D eigenvalue weighted by molar-refractivity contribution is 0.400. The molecule has 1 aromatic rings. The average Bonchev–Trinajstić information content (AvgIpc) is 3.22. The van der Waals surface area contributed by atoms with Crippen LogP contribution in [0.3, 0.4) is 0 Å². The van der Waals surface area contributed by atoms with E-state index in [4.69, 9.17) is 16.6 Å². The van der Waals surface area contributed by atoms with Crippen LogP contribution in [0.25, 0.3) is 0 Å². The van der Waals surface area contributed by atoms with Crippen LogP contribution in [-0.2, 0) is 0 Å². The van der Waals surface area contributed by atoms with Crippen molar-refractivity contribution in [3.63, 3.8) is 0 Å². The molecule has 5 heteroatoms. The molecule has 0 unspecified atom stereocenters. The molecule has 0 N–H and O–H groups in total. The Hall–Kier alpha value is -0.870. The number of aromatic nitrogens is 2. The summed E-state index contributed by atoms with van der Waals surface area (Å²) in [6.07, 6.45) is 3.53. The lowest BCUT2D eigenvalue weighted by Crippen LogP contribution is -2.29. The Morgan fingerprint density at radius 3 is 2.45 bits per heavy atom. The zero-order valence-electron chi connectivity index (χ0n) is 13.0. The minimum atomic E-state index is 0.535. The van der Waals surface area contributed by atoms with Crippen molar-refractivity contribution >= 4 is 17.4 Å². The molecule has 0 bridgehead atoms. The minimum Gasteiger partial charge on any atom is -0.356 e. The van der Waals surface area contributed by atoms with Gasteiger partial charge in [0, 0.05) is 24.6 Å². The molecular weight excluding hydrogens is 272 g/mol. The van der Waals surface area contributed by atoms with E-state index in [1.807, 2.05) is 6.92 Å². The third-order valence-electron chi connectivity index (χ3n) is 3.74. The fourth-order valence-electron chi connectivity index (χ4n) is 2.32. The van der Waals surface area contributed by atoms with E-state index in [-0.39, 0.29) is 0 Å². The molecule has 4 nitrogen and oxygen atoms in total. The van der Waals surface area contributed by atoms with Gasteiger partial charge in [-0.15, -0.1) is 0 Å². The maximum Gasteiger partial charge on any atom is 0.137 e. The summed E-state index contributed by atoms with van der Waals surface area (Å²) in [4.78, 5) is 13.8. The van der Waals surface area contributed by atoms with Crippen molar-refractivity contribution in [1.82, 2.24) is 14.9 Å². The van der Waals surface area contributed by atoms with Crippen LogP contribution in [0.15, 0.2) is 0 Å². The van der Waals surface area contributed by atoms with Crippen molar-refractivity contribution in [1.29, 1.82) is 0 Å². The van der Waals surface area contributed by atoms with Crippen molar-refractivity contribution < 1.29 is 0 Å². The number of rotatable bonds is 7. The lowest BCUT2D eigenvalue weighted by Gasteiger charge is -2.25. The first-order chi connectivity index (χ1) is 9.52. The molecule has 1 aromatic heterocycles. The molecule has 0 spiro atoms. The topological polar surface area (TPSA) is 32.3 Å². The standard InChI is InChI=1S/C15H25ClN4/c1-5-20(10-6-9-19(3)4)15-11(2)13(16)17-14(18-15)12-7-8-12/h12H,5-10H2,1-4H3. The SMILES string of the molecule is CCN(CCCN(C)C)c1nc(C2CC2)nc(Cl)c1C. The molecule has 0 atom stereocenters. The highest BCUT2D eigenvalue weighted by Gasteiger charge is 2.28. The van der Waals surface area contributed by atoms with E-state index in [1.54, 1.807) is 0 Å². The number of hydrogen-bond acceptors (Lipinski definition) is 4. The molecule has 0 amide bonds. The molecule has 0 aromatic carbocycles. The zero-order chi connectivity index (χ0) is 14.7. The third kappa shape index (κ3) is 3.83. The highest BCUT2D eigenvalue weighted by molar-refractivity contribution is 6.30. The Bertz CT molecular complexity index is 457. The van der Waals surface area contributed by atoms with E-state index in [0.29, 0.717) is 11.1 Å². The third-order valence-corrected chi connectivity index (χ3v) is 4.10. The summed E-state index contributed by atoms with van der Waals surface area (Å²) in [7, 11) is 4.21. The predicted octanol–water partition coefficient (Wildman–Crippen LogP) is 3.09. The number of anilines is 1. The first kappa shape index (κ1) is 15.5. The predicted molar refractivity (Wildman–Crippen MR) is 84.8 cm³/mol. The van der Waals surface area contributed by atoms with E-state index in [2.05, 4.69) is 35.8 Å². The second-order valence-corrected chi connectivity index (χ2v) is 6.19. The number of nitrogens with zero attached hydrogens (tertiary/aromatic N) is 4. The van der Waals surface area contributed by atoms with Gasteiger partial charge in [-0.1, -0.05) is 11.6 Å². The van der Waals surface area contributed by atoms with Crippen LogP contribution >= 0.6 is 11.6 Å². The molecular formula is C15H25ClN4. The summed E-state index contributed by atoms with van der Waals surface area (Å²) in [5.41, 5.74) is 1.00. The fraction of sp³-hybridized carbons (Fsp3) is 0.733. The molecule has 1 saturated carbocycles. The fourth-order valence-corrected chi connectivity index (χ4v) is 2.49. The van der Waals surface area contributed by atoms with E-state index >= 15 is 0 Å². The molecule has 1 heterocycles. The highest BCUT2D eigenvalue weighted by atomic mass is 35.5. The van der Waals surface area contributed by atoms with E-state index < -0.39 is 0 Å². The number of hydrogen-bond donors (Lipinski definition) is 0. The first-order valence-corrected chi connectivity index (χ1v) is 7.84. The van der Waals surface area contributed by atoms with Gasteiger partial charge in [0.15, 0.2) is 0 Å². The molecule has 112 valence electrons. The van der Waals surface area contributed by atoms with Crippen molar-refractivity contribution in [2.75, 3.05) is 38.6 Å². The second kappa shape index (κ2) is 6.72. The van der Waals surface area contributed by atoms with Crippen molar-refractivity contribution in [2.45, 2.75) is 39.0 Å². The van der Waals surface area contributed by atoms with Gasteiger partial charge in [-0.05, 0) is 53.8 Å². The van der Waals surface area contributed by atoms with Gasteiger partial charge < -0.3 is 9.80 Å². The Morgan fingerprint density at radius 1 is 1.20 bits per heavy atom. The average molecular weight is 297 g/mol. The van der Waals surface area contributed by atoms with Gasteiger partial charge in [0.1, 0.15) is 16.8 Å². The highest BCUT2D eigenvalue weighted by Crippen LogP contribution is 2.39. The number of halogens is 1. The monoisotopic (exact) mass is 296 g/mol. The Labute approximate surface area is 127 Å². The van der Waals surface area contributed by atoms with Gasteiger partial charge in [-0.2, -0.15) is 0 Å². The normalized spacial score (nSPS) is 14.9. The molecule has 0 aliphatic heterocycles. The van der Waals surface area contributed by atoms with Gasteiger partial charge >= 0.3 is 0 Å². The summed E-state index contributed by atoms with van der Waals surface area (Å²) in [5.74, 6) is 2.49. The molecule has 1 aliphatic rings. The van der Waals surface area contributed by atoms with Gasteiger partial charge in [0.25, 0.3) is 0 Å². The summed E-state index contributed by atoms with van der Waals surface area (Å²) < 4.78 is 0. The molecule has 0 saturated heterocycles. The molecule has 2 rings (SSSR count). The Balaban J connectivity index is 2.15. The maximum atomic E-state index is 6.29. The van der Waals surface area contributed by atoms with Crippen LogP contribution in [0.2, 0.25) is 5.15 Å². The van der Waals surface area contributed by atoms with Gasteiger partial charge in [0.05, 0.1) is 0 Å². The van der Waals surface area contributed by atoms with Crippen LogP contribution in [0.1, 0.15) is 43.5 Å². The zero-order valence-corrected chi connectivity index (χ0v) is 13.7. The van der Waals surface area contributed by atoms with E-state index in [1.165, 1.54) is 12.8 Å². The van der Waals surface area contributed by atoms with Crippen LogP contribution in [0.5, 0.6) is 0 Å². The largest absolute Gasteiger partial charge is 0.356 e. The van der Waals surface area contributed by atoms with Crippen molar-refractivity contribution in [3.8, 4) is 0 Å². The summed E-state index contributed by atoms with van der Waals surface area (Å²) in [6, 6.07) is 0. The van der Waals surface area contributed by atoms with E-state index in [0.717, 1.165) is 43.3 Å². The smallest absolute Gasteiger partial charge is 0.137 e. The lowest BCUT2D eigenvalue weighted by atomic mass is 10.2. The minimum absolute atomic E-state index is 0.535. The Morgan fingerprint density at radius 2 is 1.90 bits per heavy atom. The quantitative estimate of drug-likeness (QED) is 0.724. The summed E-state index contributed by atoms with van der Waals surface area (Å²) in [6.45, 7) is 7.23.